The van der Waals surface area contributed by atoms with E-state index >= 15 is 0 Å². The monoisotopic (exact) mass is 226 g/mol. The first kappa shape index (κ1) is 10.8. The zero-order chi connectivity index (χ0) is 10.8. The number of anilines is 1. The van der Waals surface area contributed by atoms with Crippen molar-refractivity contribution in [1.82, 2.24) is 14.7 Å². The molecule has 0 N–H and O–H groups in total. The Morgan fingerprint density at radius 2 is 2.33 bits per heavy atom. The van der Waals surface area contributed by atoms with Crippen LogP contribution >= 0.6 is 12.8 Å². The van der Waals surface area contributed by atoms with Gasteiger partial charge in [-0.2, -0.15) is 5.10 Å². The van der Waals surface area contributed by atoms with Gasteiger partial charge in [0.1, 0.15) is 0 Å². The van der Waals surface area contributed by atoms with Crippen LogP contribution in [0, 0.1) is 0 Å². The van der Waals surface area contributed by atoms with Crippen molar-refractivity contribution in [3.63, 3.8) is 0 Å². The van der Waals surface area contributed by atoms with Gasteiger partial charge >= 0.3 is 0 Å². The van der Waals surface area contributed by atoms with Gasteiger partial charge in [-0.3, -0.25) is 4.68 Å². The lowest BCUT2D eigenvalue weighted by molar-refractivity contribution is 0.255. The number of likely N-dealkylation sites (N-methyl/N-ethyl adjacent to an activating group) is 1. The molecule has 1 aliphatic rings. The first-order valence-corrected chi connectivity index (χ1v) is 5.72. The van der Waals surface area contributed by atoms with Crippen molar-refractivity contribution in [2.24, 2.45) is 7.05 Å². The lowest BCUT2D eigenvalue weighted by Crippen LogP contribution is -2.42. The maximum absolute atomic E-state index is 4.57. The van der Waals surface area contributed by atoms with E-state index in [1.54, 1.807) is 0 Å². The van der Waals surface area contributed by atoms with Crippen LogP contribution in [0.4, 0.5) is 5.69 Å². The van der Waals surface area contributed by atoms with Crippen LogP contribution in [0.1, 0.15) is 12.8 Å². The normalized spacial score (nSPS) is 23.0. The second kappa shape index (κ2) is 4.45. The van der Waals surface area contributed by atoms with Crippen LogP contribution in [0.2, 0.25) is 0 Å². The number of hydrogen-bond acceptors (Lipinski definition) is 4. The average Bonchev–Trinajstić information content (AvgIpc) is 2.64. The summed E-state index contributed by atoms with van der Waals surface area (Å²) < 4.78 is 3.85. The van der Waals surface area contributed by atoms with E-state index in [0.717, 1.165) is 12.2 Å². The van der Waals surface area contributed by atoms with E-state index in [1.807, 2.05) is 28.4 Å². The number of thiol groups is 1. The predicted molar refractivity (Wildman–Crippen MR) is 65.2 cm³/mol. The molecule has 2 rings (SSSR count). The summed E-state index contributed by atoms with van der Waals surface area (Å²) in [6.45, 7) is 2.28. The Morgan fingerprint density at radius 3 is 2.93 bits per heavy atom. The standard InChI is InChI=1S/C10H18N4S/c1-12-5-3-4-9(7-12)14(15)10-6-11-13(2)8-10/h6,8-9,15H,3-5,7H2,1-2H3. The molecule has 5 heteroatoms. The topological polar surface area (TPSA) is 24.3 Å². The number of aryl methyl sites for hydroxylation is 1. The molecule has 0 saturated carbocycles. The fourth-order valence-electron chi connectivity index (χ4n) is 2.08. The van der Waals surface area contributed by atoms with Crippen molar-refractivity contribution in [2.75, 3.05) is 24.4 Å². The number of rotatable bonds is 2. The van der Waals surface area contributed by atoms with Gasteiger partial charge < -0.3 is 9.21 Å². The summed E-state index contributed by atoms with van der Waals surface area (Å²) >= 11 is 4.57. The van der Waals surface area contributed by atoms with Crippen LogP contribution in [0.25, 0.3) is 0 Å². The second-order valence-electron chi connectivity index (χ2n) is 4.28. The molecule has 1 aromatic rings. The van der Waals surface area contributed by atoms with Gasteiger partial charge in [-0.1, -0.05) is 12.8 Å². The first-order valence-electron chi connectivity index (χ1n) is 5.32. The molecule has 0 aliphatic carbocycles. The molecule has 15 heavy (non-hydrogen) atoms. The number of hydrogen-bond donors (Lipinski definition) is 1. The van der Waals surface area contributed by atoms with Crippen LogP contribution in [-0.4, -0.2) is 40.9 Å². The van der Waals surface area contributed by atoms with E-state index < -0.39 is 0 Å². The lowest BCUT2D eigenvalue weighted by atomic mass is 10.1. The Balaban J connectivity index is 2.03. The fourth-order valence-corrected chi connectivity index (χ4v) is 2.37. The minimum absolute atomic E-state index is 0.497. The van der Waals surface area contributed by atoms with Gasteiger partial charge in [-0.15, -0.1) is 0 Å². The van der Waals surface area contributed by atoms with E-state index in [0.29, 0.717) is 6.04 Å². The summed E-state index contributed by atoms with van der Waals surface area (Å²) in [4.78, 5) is 2.35. The van der Waals surface area contributed by atoms with Crippen molar-refractivity contribution in [3.8, 4) is 0 Å². The van der Waals surface area contributed by atoms with Crippen molar-refractivity contribution < 1.29 is 0 Å². The molecule has 0 spiro atoms. The third-order valence-corrected chi connectivity index (χ3v) is 3.46. The molecule has 84 valence electrons. The van der Waals surface area contributed by atoms with Gasteiger partial charge in [0.25, 0.3) is 0 Å². The smallest absolute Gasteiger partial charge is 0.0852 e. The van der Waals surface area contributed by atoms with Gasteiger partial charge in [-0.05, 0) is 26.4 Å². The number of aromatic nitrogens is 2. The Labute approximate surface area is 96.4 Å². The third-order valence-electron chi connectivity index (χ3n) is 2.90. The molecular formula is C10H18N4S. The minimum atomic E-state index is 0.497. The highest BCUT2D eigenvalue weighted by Crippen LogP contribution is 2.23. The molecule has 0 radical (unpaired) electrons. The molecule has 0 aromatic carbocycles. The quantitative estimate of drug-likeness (QED) is 0.766. The summed E-state index contributed by atoms with van der Waals surface area (Å²) in [6.07, 6.45) is 6.32. The van der Waals surface area contributed by atoms with Crippen LogP contribution in [0.3, 0.4) is 0 Å². The van der Waals surface area contributed by atoms with E-state index in [2.05, 4.69) is 29.9 Å². The van der Waals surface area contributed by atoms with Gasteiger partial charge in [-0.25, -0.2) is 0 Å². The number of piperidine rings is 1. The van der Waals surface area contributed by atoms with Crippen molar-refractivity contribution in [1.29, 1.82) is 0 Å². The van der Waals surface area contributed by atoms with Gasteiger partial charge in [0.2, 0.25) is 0 Å². The number of likely N-dealkylation sites (tertiary alicyclic amines) is 1. The molecule has 1 fully saturated rings. The van der Waals surface area contributed by atoms with Crippen LogP contribution in [-0.2, 0) is 7.05 Å². The first-order chi connectivity index (χ1) is 7.16. The Morgan fingerprint density at radius 1 is 1.53 bits per heavy atom. The lowest BCUT2D eigenvalue weighted by Gasteiger charge is -2.35. The maximum atomic E-state index is 4.57. The zero-order valence-electron chi connectivity index (χ0n) is 9.30. The molecule has 4 nitrogen and oxygen atoms in total. The van der Waals surface area contributed by atoms with E-state index in [9.17, 15) is 0 Å². The molecule has 2 heterocycles. The zero-order valence-corrected chi connectivity index (χ0v) is 10.2. The molecule has 0 bridgehead atoms. The molecule has 1 saturated heterocycles. The van der Waals surface area contributed by atoms with Gasteiger partial charge in [0, 0.05) is 19.8 Å². The highest BCUT2D eigenvalue weighted by Gasteiger charge is 2.22. The van der Waals surface area contributed by atoms with Crippen molar-refractivity contribution in [2.45, 2.75) is 18.9 Å². The maximum Gasteiger partial charge on any atom is 0.0852 e. The molecule has 1 atom stereocenters. The van der Waals surface area contributed by atoms with Crippen molar-refractivity contribution >= 4 is 18.5 Å². The predicted octanol–water partition coefficient (Wildman–Crippen LogP) is 1.17. The molecule has 0 amide bonds. The summed E-state index contributed by atoms with van der Waals surface area (Å²) in [7, 11) is 4.09. The molecular weight excluding hydrogens is 208 g/mol. The van der Waals surface area contributed by atoms with E-state index in [1.165, 1.54) is 19.4 Å². The summed E-state index contributed by atoms with van der Waals surface area (Å²) in [5.41, 5.74) is 1.08. The SMILES string of the molecule is CN1CCCC(N(S)c2cnn(C)c2)C1. The van der Waals surface area contributed by atoms with Crippen LogP contribution in [0.15, 0.2) is 12.4 Å². The molecule has 1 aromatic heterocycles. The third kappa shape index (κ3) is 2.46. The Kier molecular flexibility index (Phi) is 3.21. The van der Waals surface area contributed by atoms with Gasteiger partial charge in [0.15, 0.2) is 0 Å². The Bertz CT molecular complexity index is 325. The van der Waals surface area contributed by atoms with Gasteiger partial charge in [0.05, 0.1) is 17.9 Å². The summed E-state index contributed by atoms with van der Waals surface area (Å²) in [5, 5.41) is 4.16. The highest BCUT2D eigenvalue weighted by molar-refractivity contribution is 7.81. The Hall–Kier alpha value is -0.680. The van der Waals surface area contributed by atoms with E-state index in [-0.39, 0.29) is 0 Å². The summed E-state index contributed by atoms with van der Waals surface area (Å²) in [6, 6.07) is 0.497. The largest absolute Gasteiger partial charge is 0.311 e. The fraction of sp³-hybridized carbons (Fsp3) is 0.700. The van der Waals surface area contributed by atoms with Crippen LogP contribution < -0.4 is 4.31 Å². The van der Waals surface area contributed by atoms with Crippen LogP contribution in [0.5, 0.6) is 0 Å². The molecule has 1 aliphatic heterocycles. The average molecular weight is 226 g/mol. The second-order valence-corrected chi connectivity index (χ2v) is 4.71. The minimum Gasteiger partial charge on any atom is -0.311 e. The van der Waals surface area contributed by atoms with Crippen molar-refractivity contribution in [3.05, 3.63) is 12.4 Å². The summed E-state index contributed by atoms with van der Waals surface area (Å²) in [5.74, 6) is 0. The highest BCUT2D eigenvalue weighted by atomic mass is 32.1. The number of nitrogens with zero attached hydrogens (tertiary/aromatic N) is 4. The molecule has 1 unspecified atom stereocenters. The van der Waals surface area contributed by atoms with E-state index in [4.69, 9.17) is 0 Å².